The molecule has 11 nitrogen and oxygen atoms in total. The number of alkyl carbamates (subject to hydrolysis) is 1. The summed E-state index contributed by atoms with van der Waals surface area (Å²) in [5.74, 6) is -3.02. The van der Waals surface area contributed by atoms with Crippen molar-refractivity contribution >= 4 is 29.8 Å². The molecule has 0 unspecified atom stereocenters. The van der Waals surface area contributed by atoms with E-state index in [2.05, 4.69) is 17.4 Å². The molecule has 1 saturated heterocycles. The topological polar surface area (TPSA) is 137 Å². The Morgan fingerprint density at radius 1 is 0.857 bits per heavy atom. The smallest absolute Gasteiger partial charge is 0.407 e. The monoisotopic (exact) mass is 676 g/mol. The lowest BCUT2D eigenvalue weighted by Gasteiger charge is -2.38. The highest BCUT2D eigenvalue weighted by atomic mass is 16.5. The third kappa shape index (κ3) is 8.80. The predicted octanol–water partition coefficient (Wildman–Crippen LogP) is 5.13. The van der Waals surface area contributed by atoms with Gasteiger partial charge in [0.2, 0.25) is 17.7 Å². The number of likely N-dealkylation sites (N-methyl/N-ethyl adjacent to an activating group) is 2. The minimum Gasteiger partial charge on any atom is -0.481 e. The number of aliphatic carboxylic acids is 1. The molecule has 0 bridgehead atoms. The van der Waals surface area contributed by atoms with Gasteiger partial charge in [-0.25, -0.2) is 4.79 Å². The summed E-state index contributed by atoms with van der Waals surface area (Å²) in [6.45, 7) is 8.74. The van der Waals surface area contributed by atoms with Crippen molar-refractivity contribution in [1.82, 2.24) is 20.0 Å². The Kier molecular flexibility index (Phi) is 12.8. The third-order valence-electron chi connectivity index (χ3n) is 10.0. The third-order valence-corrected chi connectivity index (χ3v) is 10.0. The summed E-state index contributed by atoms with van der Waals surface area (Å²) in [4.78, 5) is 71.1. The summed E-state index contributed by atoms with van der Waals surface area (Å²) < 4.78 is 5.76. The summed E-state index contributed by atoms with van der Waals surface area (Å²) in [7, 11) is 2.96. The zero-order valence-electron chi connectivity index (χ0n) is 29.7. The maximum atomic E-state index is 14.2. The van der Waals surface area contributed by atoms with E-state index >= 15 is 0 Å². The van der Waals surface area contributed by atoms with Crippen LogP contribution in [0.4, 0.5) is 4.79 Å². The average Bonchev–Trinajstić information content (AvgIpc) is 3.42. The Bertz CT molecular complexity index is 1460. The van der Waals surface area contributed by atoms with Gasteiger partial charge in [0.1, 0.15) is 24.7 Å². The average molecular weight is 677 g/mol. The molecule has 11 heteroatoms. The molecule has 0 aromatic heterocycles. The largest absolute Gasteiger partial charge is 0.481 e. The Labute approximate surface area is 290 Å². The fraction of sp³-hybridized carbons (Fsp3) is 0.553. The fourth-order valence-electron chi connectivity index (χ4n) is 6.96. The lowest BCUT2D eigenvalue weighted by atomic mass is 9.95. The number of fused-ring (bicyclic) bond motifs is 3. The highest BCUT2D eigenvalue weighted by Gasteiger charge is 2.40. The van der Waals surface area contributed by atoms with Gasteiger partial charge in [0, 0.05) is 33.1 Å². The van der Waals surface area contributed by atoms with Gasteiger partial charge >= 0.3 is 12.1 Å². The van der Waals surface area contributed by atoms with Crippen LogP contribution in [0.5, 0.6) is 0 Å². The molecule has 2 N–H and O–H groups in total. The van der Waals surface area contributed by atoms with E-state index in [1.54, 1.807) is 4.90 Å². The maximum Gasteiger partial charge on any atom is 0.407 e. The van der Waals surface area contributed by atoms with E-state index in [0.717, 1.165) is 41.5 Å². The first-order valence-electron chi connectivity index (χ1n) is 17.5. The van der Waals surface area contributed by atoms with Crippen LogP contribution in [0.1, 0.15) is 83.3 Å². The van der Waals surface area contributed by atoms with Gasteiger partial charge in [-0.1, -0.05) is 82.6 Å². The van der Waals surface area contributed by atoms with Crippen molar-refractivity contribution in [2.75, 3.05) is 33.8 Å². The number of rotatable bonds is 14. The first kappa shape index (κ1) is 37.4. The van der Waals surface area contributed by atoms with Crippen LogP contribution in [0.2, 0.25) is 0 Å². The molecule has 0 saturated carbocycles. The number of ether oxygens (including phenoxy) is 1. The standard InChI is InChI=1S/C38H52N4O7/c1-7-25(4)34(39-38(48)49-23-30-28-17-11-9-15-26(28)27-16-10-12-18-29(27)30)37(47)41(6)31(21-24(2)3)35(45)40(5)32(22-33(43)44)36(46)42-19-13-8-14-20-42/h9-12,15-18,24-25,30-32,34H,7-8,13-14,19-23H2,1-6H3,(H,39,48)(H,43,44)/t25-,31-,32-,34-/m0/s1. The number of amides is 4. The predicted molar refractivity (Wildman–Crippen MR) is 187 cm³/mol. The number of carboxylic acids is 1. The van der Waals surface area contributed by atoms with Crippen LogP contribution in [0, 0.1) is 11.8 Å². The SMILES string of the molecule is CC[C@H](C)[C@H](NC(=O)OCC1c2ccccc2-c2ccccc21)C(=O)N(C)[C@@H](CC(C)C)C(=O)N(C)[C@@H](CC(=O)O)C(=O)N1CCCCC1. The van der Waals surface area contributed by atoms with Crippen molar-refractivity contribution in [2.45, 2.75) is 90.3 Å². The van der Waals surface area contributed by atoms with Gasteiger partial charge in [-0.15, -0.1) is 0 Å². The molecule has 266 valence electrons. The van der Waals surface area contributed by atoms with E-state index < -0.39 is 54.3 Å². The number of carboxylic acid groups (broad SMARTS) is 1. The maximum absolute atomic E-state index is 14.2. The molecule has 1 heterocycles. The highest BCUT2D eigenvalue weighted by molar-refractivity contribution is 5.95. The second-order valence-corrected chi connectivity index (χ2v) is 13.9. The fourth-order valence-corrected chi connectivity index (χ4v) is 6.96. The van der Waals surface area contributed by atoms with E-state index in [1.165, 1.54) is 23.9 Å². The highest BCUT2D eigenvalue weighted by Crippen LogP contribution is 2.44. The minimum atomic E-state index is -1.20. The Morgan fingerprint density at radius 2 is 1.41 bits per heavy atom. The lowest BCUT2D eigenvalue weighted by Crippen LogP contribution is -2.59. The molecule has 4 rings (SSSR count). The zero-order chi connectivity index (χ0) is 35.8. The number of hydrogen-bond donors (Lipinski definition) is 2. The summed E-state index contributed by atoms with van der Waals surface area (Å²) in [6.07, 6.45) is 2.22. The molecule has 2 aromatic carbocycles. The summed E-state index contributed by atoms with van der Waals surface area (Å²) in [5.41, 5.74) is 4.36. The van der Waals surface area contributed by atoms with Gasteiger partial charge in [0.15, 0.2) is 0 Å². The second kappa shape index (κ2) is 16.8. The van der Waals surface area contributed by atoms with Gasteiger partial charge in [0.25, 0.3) is 0 Å². The van der Waals surface area contributed by atoms with Crippen LogP contribution >= 0.6 is 0 Å². The van der Waals surface area contributed by atoms with Crippen molar-refractivity contribution < 1.29 is 33.8 Å². The van der Waals surface area contributed by atoms with E-state index in [9.17, 15) is 29.1 Å². The summed E-state index contributed by atoms with van der Waals surface area (Å²) in [6, 6.07) is 12.9. The number of likely N-dealkylation sites (tertiary alicyclic amines) is 1. The number of hydrogen-bond acceptors (Lipinski definition) is 6. The molecule has 1 fully saturated rings. The molecule has 2 aliphatic rings. The molecule has 0 spiro atoms. The molecule has 4 atom stereocenters. The lowest BCUT2D eigenvalue weighted by molar-refractivity contribution is -0.154. The normalized spacial score (nSPS) is 16.5. The number of nitrogens with zero attached hydrogens (tertiary/aromatic N) is 3. The van der Waals surface area contributed by atoms with Crippen LogP contribution in [0.15, 0.2) is 48.5 Å². The first-order chi connectivity index (χ1) is 23.3. The Balaban J connectivity index is 1.50. The van der Waals surface area contributed by atoms with Crippen LogP contribution < -0.4 is 5.32 Å². The van der Waals surface area contributed by atoms with Gasteiger partial charge in [0.05, 0.1) is 6.42 Å². The van der Waals surface area contributed by atoms with E-state index in [4.69, 9.17) is 4.74 Å². The number of benzene rings is 2. The second-order valence-electron chi connectivity index (χ2n) is 13.9. The van der Waals surface area contributed by atoms with Gasteiger partial charge in [-0.2, -0.15) is 0 Å². The van der Waals surface area contributed by atoms with Crippen molar-refractivity contribution in [3.05, 3.63) is 59.7 Å². The van der Waals surface area contributed by atoms with Crippen molar-refractivity contribution in [3.8, 4) is 11.1 Å². The molecular formula is C38H52N4O7. The van der Waals surface area contributed by atoms with Gasteiger partial charge in [-0.05, 0) is 59.8 Å². The summed E-state index contributed by atoms with van der Waals surface area (Å²) in [5, 5.41) is 12.5. The van der Waals surface area contributed by atoms with Crippen molar-refractivity contribution in [3.63, 3.8) is 0 Å². The van der Waals surface area contributed by atoms with Crippen LogP contribution in [0.25, 0.3) is 11.1 Å². The molecule has 49 heavy (non-hydrogen) atoms. The Morgan fingerprint density at radius 3 is 1.94 bits per heavy atom. The number of piperidine rings is 1. The molecule has 2 aromatic rings. The number of nitrogens with one attached hydrogen (secondary N) is 1. The molecule has 1 aliphatic heterocycles. The van der Waals surface area contributed by atoms with Crippen LogP contribution in [-0.2, 0) is 23.9 Å². The quantitative estimate of drug-likeness (QED) is 0.283. The van der Waals surface area contributed by atoms with E-state index in [1.807, 2.05) is 64.1 Å². The van der Waals surface area contributed by atoms with Crippen molar-refractivity contribution in [1.29, 1.82) is 0 Å². The molecular weight excluding hydrogens is 624 g/mol. The molecule has 0 radical (unpaired) electrons. The van der Waals surface area contributed by atoms with Crippen molar-refractivity contribution in [2.24, 2.45) is 11.8 Å². The molecule has 4 amide bonds. The summed E-state index contributed by atoms with van der Waals surface area (Å²) >= 11 is 0. The zero-order valence-corrected chi connectivity index (χ0v) is 29.7. The van der Waals surface area contributed by atoms with E-state index in [-0.39, 0.29) is 30.8 Å². The number of carbonyl (C=O) groups excluding carboxylic acids is 4. The van der Waals surface area contributed by atoms with Crippen LogP contribution in [0.3, 0.4) is 0 Å². The molecule has 1 aliphatic carbocycles. The number of carbonyl (C=O) groups is 5. The first-order valence-corrected chi connectivity index (χ1v) is 17.5. The van der Waals surface area contributed by atoms with Gasteiger partial charge in [-0.3, -0.25) is 19.2 Å². The van der Waals surface area contributed by atoms with Gasteiger partial charge < -0.3 is 29.9 Å². The Hall–Kier alpha value is -4.41. The minimum absolute atomic E-state index is 0.00883. The van der Waals surface area contributed by atoms with E-state index in [0.29, 0.717) is 19.5 Å². The van der Waals surface area contributed by atoms with Crippen LogP contribution in [-0.4, -0.2) is 102 Å².